The Morgan fingerprint density at radius 1 is 1.38 bits per heavy atom. The Bertz CT molecular complexity index is 502. The first-order valence-electron chi connectivity index (χ1n) is 8.72. The molecule has 6 heteroatoms. The standard InChI is InChI=1S/C18H29N3O3/c1-18(2,3)24-17(22)21-13-8-9-15(21)19-11-6-7-14-23-16-10-4-5-12-20-16/h4-5,10,12,15,19H,6-9,11,13-14H2,1-3H3. The quantitative estimate of drug-likeness (QED) is 0.775. The Morgan fingerprint density at radius 3 is 2.92 bits per heavy atom. The second-order valence-electron chi connectivity index (χ2n) is 7.01. The van der Waals surface area contributed by atoms with E-state index >= 15 is 0 Å². The number of unbranched alkanes of at least 4 members (excludes halogenated alkanes) is 1. The number of nitrogens with one attached hydrogen (secondary N) is 1. The molecule has 0 aliphatic carbocycles. The van der Waals surface area contributed by atoms with Crippen molar-refractivity contribution in [2.75, 3.05) is 19.7 Å². The minimum absolute atomic E-state index is 0.0801. The van der Waals surface area contributed by atoms with Gasteiger partial charge in [-0.25, -0.2) is 9.78 Å². The lowest BCUT2D eigenvalue weighted by Gasteiger charge is -2.29. The van der Waals surface area contributed by atoms with E-state index in [-0.39, 0.29) is 12.3 Å². The van der Waals surface area contributed by atoms with E-state index < -0.39 is 5.60 Å². The summed E-state index contributed by atoms with van der Waals surface area (Å²) in [5.74, 6) is 0.664. The van der Waals surface area contributed by atoms with Crippen LogP contribution in [0.3, 0.4) is 0 Å². The zero-order valence-corrected chi connectivity index (χ0v) is 15.0. The van der Waals surface area contributed by atoms with Crippen LogP contribution in [0.1, 0.15) is 46.5 Å². The van der Waals surface area contributed by atoms with E-state index in [0.717, 1.165) is 38.8 Å². The fourth-order valence-electron chi connectivity index (χ4n) is 2.62. The van der Waals surface area contributed by atoms with Crippen molar-refractivity contribution in [3.05, 3.63) is 24.4 Å². The first-order valence-corrected chi connectivity index (χ1v) is 8.72. The average Bonchev–Trinajstić information content (AvgIpc) is 2.99. The van der Waals surface area contributed by atoms with Crippen LogP contribution in [-0.4, -0.2) is 47.4 Å². The maximum absolute atomic E-state index is 12.2. The van der Waals surface area contributed by atoms with Crippen LogP contribution >= 0.6 is 0 Å². The lowest BCUT2D eigenvalue weighted by Crippen LogP contribution is -2.46. The molecule has 2 rings (SSSR count). The van der Waals surface area contributed by atoms with E-state index in [1.54, 1.807) is 11.1 Å². The van der Waals surface area contributed by atoms with Gasteiger partial charge in [-0.05, 0) is 59.1 Å². The molecule has 0 saturated carbocycles. The van der Waals surface area contributed by atoms with Gasteiger partial charge in [0.15, 0.2) is 0 Å². The van der Waals surface area contributed by atoms with Crippen molar-refractivity contribution < 1.29 is 14.3 Å². The lowest BCUT2D eigenvalue weighted by molar-refractivity contribution is 0.0200. The first-order chi connectivity index (χ1) is 11.5. The number of nitrogens with zero attached hydrogens (tertiary/aromatic N) is 2. The highest BCUT2D eigenvalue weighted by molar-refractivity contribution is 5.68. The molecule has 1 atom stereocenters. The van der Waals surface area contributed by atoms with E-state index in [4.69, 9.17) is 9.47 Å². The molecule has 1 amide bonds. The number of likely N-dealkylation sites (tertiary alicyclic amines) is 1. The van der Waals surface area contributed by atoms with Crippen LogP contribution in [0.15, 0.2) is 24.4 Å². The van der Waals surface area contributed by atoms with Crippen molar-refractivity contribution in [2.45, 2.75) is 58.2 Å². The van der Waals surface area contributed by atoms with Crippen molar-refractivity contribution in [2.24, 2.45) is 0 Å². The van der Waals surface area contributed by atoms with Gasteiger partial charge in [-0.2, -0.15) is 0 Å². The molecule has 0 aromatic carbocycles. The number of hydrogen-bond donors (Lipinski definition) is 1. The summed E-state index contributed by atoms with van der Waals surface area (Å²) in [6.07, 6.45) is 5.51. The normalized spacial score (nSPS) is 17.8. The van der Waals surface area contributed by atoms with Crippen molar-refractivity contribution >= 4 is 6.09 Å². The summed E-state index contributed by atoms with van der Waals surface area (Å²) in [6, 6.07) is 5.64. The Labute approximate surface area is 144 Å². The van der Waals surface area contributed by atoms with Gasteiger partial charge in [0.25, 0.3) is 0 Å². The predicted molar refractivity (Wildman–Crippen MR) is 92.9 cm³/mol. The van der Waals surface area contributed by atoms with Gasteiger partial charge < -0.3 is 9.47 Å². The van der Waals surface area contributed by atoms with Crippen LogP contribution in [0.2, 0.25) is 0 Å². The van der Waals surface area contributed by atoms with E-state index in [0.29, 0.717) is 12.5 Å². The van der Waals surface area contributed by atoms with Gasteiger partial charge in [-0.15, -0.1) is 0 Å². The number of carbonyl (C=O) groups is 1. The number of hydrogen-bond acceptors (Lipinski definition) is 5. The summed E-state index contributed by atoms with van der Waals surface area (Å²) in [4.78, 5) is 18.1. The maximum atomic E-state index is 12.2. The molecule has 0 radical (unpaired) electrons. The first kappa shape index (κ1) is 18.5. The second kappa shape index (κ2) is 8.87. The van der Waals surface area contributed by atoms with E-state index in [2.05, 4.69) is 10.3 Å². The van der Waals surface area contributed by atoms with Gasteiger partial charge >= 0.3 is 6.09 Å². The summed E-state index contributed by atoms with van der Waals surface area (Å²) < 4.78 is 11.0. The molecule has 6 nitrogen and oxygen atoms in total. The molecule has 0 spiro atoms. The fraction of sp³-hybridized carbons (Fsp3) is 0.667. The molecule has 1 aromatic heterocycles. The van der Waals surface area contributed by atoms with E-state index in [1.807, 2.05) is 39.0 Å². The van der Waals surface area contributed by atoms with Gasteiger partial charge in [-0.1, -0.05) is 6.07 Å². The third-order valence-electron chi connectivity index (χ3n) is 3.72. The minimum atomic E-state index is -0.451. The molecular formula is C18H29N3O3. The second-order valence-corrected chi connectivity index (χ2v) is 7.01. The molecule has 2 heterocycles. The van der Waals surface area contributed by atoms with E-state index in [9.17, 15) is 4.79 Å². The number of amides is 1. The molecule has 1 aromatic rings. The van der Waals surface area contributed by atoms with Crippen LogP contribution in [-0.2, 0) is 4.74 Å². The van der Waals surface area contributed by atoms with E-state index in [1.165, 1.54) is 0 Å². The number of aromatic nitrogens is 1. The Kier molecular flexibility index (Phi) is 6.85. The highest BCUT2D eigenvalue weighted by atomic mass is 16.6. The molecule has 24 heavy (non-hydrogen) atoms. The molecule has 1 saturated heterocycles. The minimum Gasteiger partial charge on any atom is -0.478 e. The number of pyridine rings is 1. The van der Waals surface area contributed by atoms with Crippen molar-refractivity contribution in [1.29, 1.82) is 0 Å². The summed E-state index contributed by atoms with van der Waals surface area (Å²) in [6.45, 7) is 7.95. The van der Waals surface area contributed by atoms with Crippen molar-refractivity contribution in [1.82, 2.24) is 15.2 Å². The van der Waals surface area contributed by atoms with Gasteiger partial charge in [0, 0.05) is 18.8 Å². The molecule has 1 aliphatic heterocycles. The Balaban J connectivity index is 1.61. The SMILES string of the molecule is CC(C)(C)OC(=O)N1CCCC1NCCCCOc1ccccn1. The molecule has 134 valence electrons. The summed E-state index contributed by atoms with van der Waals surface area (Å²) in [7, 11) is 0. The van der Waals surface area contributed by atoms with Gasteiger partial charge in [0.05, 0.1) is 12.8 Å². The monoisotopic (exact) mass is 335 g/mol. The predicted octanol–water partition coefficient (Wildman–Crippen LogP) is 3.19. The Morgan fingerprint density at radius 2 is 2.21 bits per heavy atom. The lowest BCUT2D eigenvalue weighted by atomic mass is 10.2. The van der Waals surface area contributed by atoms with Crippen LogP contribution in [0.25, 0.3) is 0 Å². The van der Waals surface area contributed by atoms with Crippen LogP contribution < -0.4 is 10.1 Å². The number of ether oxygens (including phenoxy) is 2. The van der Waals surface area contributed by atoms with Crippen LogP contribution in [0, 0.1) is 0 Å². The zero-order chi connectivity index (χ0) is 17.4. The number of carbonyl (C=O) groups excluding carboxylic acids is 1. The van der Waals surface area contributed by atoms with Gasteiger partial charge in [0.1, 0.15) is 5.60 Å². The topological polar surface area (TPSA) is 63.7 Å². The largest absolute Gasteiger partial charge is 0.478 e. The van der Waals surface area contributed by atoms with Gasteiger partial charge in [-0.3, -0.25) is 10.2 Å². The van der Waals surface area contributed by atoms with Crippen LogP contribution in [0.5, 0.6) is 5.88 Å². The Hall–Kier alpha value is -1.82. The third-order valence-corrected chi connectivity index (χ3v) is 3.72. The number of rotatable bonds is 7. The molecule has 1 N–H and O–H groups in total. The highest BCUT2D eigenvalue weighted by Crippen LogP contribution is 2.19. The zero-order valence-electron chi connectivity index (χ0n) is 15.0. The van der Waals surface area contributed by atoms with Crippen molar-refractivity contribution in [3.8, 4) is 5.88 Å². The average molecular weight is 335 g/mol. The molecule has 0 bridgehead atoms. The van der Waals surface area contributed by atoms with Crippen LogP contribution in [0.4, 0.5) is 4.79 Å². The van der Waals surface area contributed by atoms with Gasteiger partial charge in [0.2, 0.25) is 5.88 Å². The summed E-state index contributed by atoms with van der Waals surface area (Å²) >= 11 is 0. The summed E-state index contributed by atoms with van der Waals surface area (Å²) in [5, 5.41) is 3.45. The molecule has 1 unspecified atom stereocenters. The third kappa shape index (κ3) is 6.35. The van der Waals surface area contributed by atoms with Crippen molar-refractivity contribution in [3.63, 3.8) is 0 Å². The summed E-state index contributed by atoms with van der Waals surface area (Å²) in [5.41, 5.74) is -0.451. The molecule has 1 aliphatic rings. The maximum Gasteiger partial charge on any atom is 0.411 e. The molecule has 1 fully saturated rings. The highest BCUT2D eigenvalue weighted by Gasteiger charge is 2.31. The molecular weight excluding hydrogens is 306 g/mol. The smallest absolute Gasteiger partial charge is 0.411 e. The fourth-order valence-corrected chi connectivity index (χ4v) is 2.62.